The van der Waals surface area contributed by atoms with Gasteiger partial charge in [-0.1, -0.05) is 12.8 Å². The highest BCUT2D eigenvalue weighted by atomic mass is 79.9. The van der Waals surface area contributed by atoms with Crippen LogP contribution in [0.4, 0.5) is 4.39 Å². The van der Waals surface area contributed by atoms with Crippen LogP contribution < -0.4 is 4.74 Å². The van der Waals surface area contributed by atoms with Crippen molar-refractivity contribution in [2.75, 3.05) is 7.11 Å². The van der Waals surface area contributed by atoms with E-state index >= 15 is 0 Å². The number of rotatable bonds is 3. The molecule has 0 spiro atoms. The van der Waals surface area contributed by atoms with Crippen LogP contribution in [0.25, 0.3) is 0 Å². The number of hydrogen-bond donors (Lipinski definition) is 2. The Labute approximate surface area is 118 Å². The smallest absolute Gasteiger partial charge is 0.314 e. The zero-order valence-electron chi connectivity index (χ0n) is 10.4. The molecule has 1 aliphatic rings. The van der Waals surface area contributed by atoms with Gasteiger partial charge in [0, 0.05) is 6.07 Å². The number of halogens is 2. The van der Waals surface area contributed by atoms with Gasteiger partial charge in [0.25, 0.3) is 0 Å². The summed E-state index contributed by atoms with van der Waals surface area (Å²) < 4.78 is 19.4. The van der Waals surface area contributed by atoms with Gasteiger partial charge in [0.1, 0.15) is 5.82 Å². The van der Waals surface area contributed by atoms with Crippen molar-refractivity contribution in [1.29, 1.82) is 0 Å². The van der Waals surface area contributed by atoms with Crippen LogP contribution in [0.2, 0.25) is 0 Å². The molecule has 0 atom stereocenters. The highest BCUT2D eigenvalue weighted by Gasteiger charge is 2.47. The summed E-state index contributed by atoms with van der Waals surface area (Å²) in [5.74, 6) is -2.12. The predicted molar refractivity (Wildman–Crippen MR) is 70.1 cm³/mol. The summed E-state index contributed by atoms with van der Waals surface area (Å²) in [6.07, 6.45) is 2.10. The summed E-state index contributed by atoms with van der Waals surface area (Å²) >= 11 is 3.00. The van der Waals surface area contributed by atoms with Crippen LogP contribution in [-0.2, 0) is 10.2 Å². The number of phenols is 1. The highest BCUT2D eigenvalue weighted by Crippen LogP contribution is 2.50. The molecule has 0 unspecified atom stereocenters. The Balaban J connectivity index is 2.76. The van der Waals surface area contributed by atoms with Crippen molar-refractivity contribution in [2.45, 2.75) is 31.1 Å². The molecule has 1 saturated carbocycles. The van der Waals surface area contributed by atoms with Gasteiger partial charge in [-0.2, -0.15) is 0 Å². The van der Waals surface area contributed by atoms with Gasteiger partial charge in [0.2, 0.25) is 0 Å². The first kappa shape index (κ1) is 14.1. The molecule has 2 rings (SSSR count). The predicted octanol–water partition coefficient (Wildman–Crippen LogP) is 3.20. The van der Waals surface area contributed by atoms with E-state index in [0.29, 0.717) is 25.7 Å². The molecular weight excluding hydrogens is 319 g/mol. The quantitative estimate of drug-likeness (QED) is 0.891. The number of carbonyl (C=O) groups is 1. The minimum Gasteiger partial charge on any atom is -0.504 e. The van der Waals surface area contributed by atoms with E-state index in [1.807, 2.05) is 0 Å². The van der Waals surface area contributed by atoms with Gasteiger partial charge in [-0.15, -0.1) is 0 Å². The SMILES string of the molecule is COc1c(O)cc(Br)c(F)c1C1(C(=O)O)CCCC1. The number of carboxylic acids is 1. The van der Waals surface area contributed by atoms with Crippen LogP contribution in [0.15, 0.2) is 10.5 Å². The molecule has 1 aliphatic carbocycles. The summed E-state index contributed by atoms with van der Waals surface area (Å²) in [6, 6.07) is 1.17. The first-order valence-electron chi connectivity index (χ1n) is 5.93. The monoisotopic (exact) mass is 332 g/mol. The Morgan fingerprint density at radius 1 is 1.47 bits per heavy atom. The number of aromatic hydroxyl groups is 1. The van der Waals surface area contributed by atoms with Crippen LogP contribution >= 0.6 is 15.9 Å². The number of methoxy groups -OCH3 is 1. The van der Waals surface area contributed by atoms with Crippen LogP contribution in [0.3, 0.4) is 0 Å². The van der Waals surface area contributed by atoms with Crippen molar-refractivity contribution in [2.24, 2.45) is 0 Å². The van der Waals surface area contributed by atoms with Crippen molar-refractivity contribution < 1.29 is 24.1 Å². The summed E-state index contributed by atoms with van der Waals surface area (Å²) in [5.41, 5.74) is -1.39. The fraction of sp³-hybridized carbons (Fsp3) is 0.462. The van der Waals surface area contributed by atoms with Gasteiger partial charge in [0.15, 0.2) is 11.5 Å². The van der Waals surface area contributed by atoms with Gasteiger partial charge in [-0.3, -0.25) is 4.79 Å². The van der Waals surface area contributed by atoms with E-state index < -0.39 is 17.2 Å². The van der Waals surface area contributed by atoms with Gasteiger partial charge in [-0.05, 0) is 28.8 Å². The maximum atomic E-state index is 14.4. The molecule has 0 saturated heterocycles. The lowest BCUT2D eigenvalue weighted by Gasteiger charge is -2.27. The standard InChI is InChI=1S/C13H14BrFO4/c1-19-11-8(16)6-7(14)10(15)9(11)13(12(17)18)4-2-3-5-13/h6,16H,2-5H2,1H3,(H,17,18). The second-order valence-electron chi connectivity index (χ2n) is 4.69. The molecule has 0 aliphatic heterocycles. The zero-order valence-corrected chi connectivity index (χ0v) is 12.0. The molecular formula is C13H14BrFO4. The van der Waals surface area contributed by atoms with Gasteiger partial charge in [0.05, 0.1) is 22.6 Å². The molecule has 19 heavy (non-hydrogen) atoms. The second kappa shape index (κ2) is 5.00. The average molecular weight is 333 g/mol. The summed E-state index contributed by atoms with van der Waals surface area (Å²) in [5, 5.41) is 19.4. The average Bonchev–Trinajstić information content (AvgIpc) is 2.83. The van der Waals surface area contributed by atoms with Crippen molar-refractivity contribution in [1.82, 2.24) is 0 Å². The number of aliphatic carboxylic acids is 1. The first-order valence-corrected chi connectivity index (χ1v) is 6.72. The van der Waals surface area contributed by atoms with Crippen LogP contribution in [-0.4, -0.2) is 23.3 Å². The van der Waals surface area contributed by atoms with E-state index in [0.717, 1.165) is 0 Å². The normalized spacial score (nSPS) is 17.4. The molecule has 0 heterocycles. The Morgan fingerprint density at radius 3 is 2.53 bits per heavy atom. The summed E-state index contributed by atoms with van der Waals surface area (Å²) in [7, 11) is 1.29. The molecule has 2 N–H and O–H groups in total. The zero-order chi connectivity index (χ0) is 14.2. The van der Waals surface area contributed by atoms with E-state index in [2.05, 4.69) is 15.9 Å². The van der Waals surface area contributed by atoms with Crippen LogP contribution in [0.5, 0.6) is 11.5 Å². The Bertz CT molecular complexity index is 524. The topological polar surface area (TPSA) is 66.8 Å². The lowest BCUT2D eigenvalue weighted by Crippen LogP contribution is -2.34. The summed E-state index contributed by atoms with van der Waals surface area (Å²) in [6.45, 7) is 0. The Kier molecular flexibility index (Phi) is 3.71. The van der Waals surface area contributed by atoms with Crippen molar-refractivity contribution in [3.8, 4) is 11.5 Å². The fourth-order valence-electron chi connectivity index (χ4n) is 2.78. The minimum atomic E-state index is -1.32. The Hall–Kier alpha value is -1.30. The van der Waals surface area contributed by atoms with E-state index in [1.54, 1.807) is 0 Å². The minimum absolute atomic E-state index is 0.0355. The lowest BCUT2D eigenvalue weighted by molar-refractivity contribution is -0.143. The maximum Gasteiger partial charge on any atom is 0.314 e. The number of ether oxygens (including phenoxy) is 1. The molecule has 0 radical (unpaired) electrons. The molecule has 1 fully saturated rings. The van der Waals surface area contributed by atoms with Gasteiger partial charge in [-0.25, -0.2) is 4.39 Å². The Morgan fingerprint density at radius 2 is 2.05 bits per heavy atom. The second-order valence-corrected chi connectivity index (χ2v) is 5.55. The van der Waals surface area contributed by atoms with Crippen molar-refractivity contribution >= 4 is 21.9 Å². The van der Waals surface area contributed by atoms with E-state index in [1.165, 1.54) is 13.2 Å². The first-order chi connectivity index (χ1) is 8.94. The van der Waals surface area contributed by atoms with Gasteiger partial charge < -0.3 is 14.9 Å². The molecule has 4 nitrogen and oxygen atoms in total. The maximum absolute atomic E-state index is 14.4. The van der Waals surface area contributed by atoms with E-state index in [9.17, 15) is 19.4 Å². The van der Waals surface area contributed by atoms with Gasteiger partial charge >= 0.3 is 5.97 Å². The molecule has 1 aromatic carbocycles. The lowest BCUT2D eigenvalue weighted by atomic mass is 9.78. The third kappa shape index (κ3) is 2.08. The number of phenolic OH excluding ortho intramolecular Hbond substituents is 1. The third-order valence-corrected chi connectivity index (χ3v) is 4.28. The molecule has 1 aromatic rings. The third-order valence-electron chi connectivity index (χ3n) is 3.70. The van der Waals surface area contributed by atoms with Crippen LogP contribution in [0, 0.1) is 5.82 Å². The van der Waals surface area contributed by atoms with Crippen molar-refractivity contribution in [3.63, 3.8) is 0 Å². The summed E-state index contributed by atoms with van der Waals surface area (Å²) in [4.78, 5) is 11.6. The molecule has 6 heteroatoms. The molecule has 0 amide bonds. The molecule has 104 valence electrons. The van der Waals surface area contributed by atoms with E-state index in [-0.39, 0.29) is 21.5 Å². The highest BCUT2D eigenvalue weighted by molar-refractivity contribution is 9.10. The molecule has 0 bridgehead atoms. The van der Waals surface area contributed by atoms with Crippen LogP contribution in [0.1, 0.15) is 31.2 Å². The van der Waals surface area contributed by atoms with Crippen molar-refractivity contribution in [3.05, 3.63) is 21.9 Å². The fourth-order valence-corrected chi connectivity index (χ4v) is 3.19. The number of benzene rings is 1. The number of carboxylic acid groups (broad SMARTS) is 1. The number of hydrogen-bond acceptors (Lipinski definition) is 3. The van der Waals surface area contributed by atoms with E-state index in [4.69, 9.17) is 4.74 Å². The molecule has 0 aromatic heterocycles. The largest absolute Gasteiger partial charge is 0.504 e.